The molecule has 0 radical (unpaired) electrons. The highest BCUT2D eigenvalue weighted by molar-refractivity contribution is 5.95. The lowest BCUT2D eigenvalue weighted by molar-refractivity contribution is 0.0750. The van der Waals surface area contributed by atoms with Crippen molar-refractivity contribution in [2.24, 2.45) is 0 Å². The lowest BCUT2D eigenvalue weighted by atomic mass is 10.1. The van der Waals surface area contributed by atoms with E-state index in [2.05, 4.69) is 0 Å². The predicted octanol–water partition coefficient (Wildman–Crippen LogP) is 3.27. The number of hydrogen-bond acceptors (Lipinski definition) is 4. The van der Waals surface area contributed by atoms with Gasteiger partial charge in [0.05, 0.1) is 7.11 Å². The lowest BCUT2D eigenvalue weighted by Crippen LogP contribution is -2.30. The third-order valence-corrected chi connectivity index (χ3v) is 4.01. The smallest absolute Gasteiger partial charge is 0.254 e. The van der Waals surface area contributed by atoms with Crippen LogP contribution in [0, 0.1) is 5.82 Å². The molecule has 0 N–H and O–H groups in total. The number of methoxy groups -OCH3 is 1. The molecule has 0 aromatic heterocycles. The fourth-order valence-electron chi connectivity index (χ4n) is 2.76. The molecule has 1 aliphatic rings. The Morgan fingerprint density at radius 1 is 1.24 bits per heavy atom. The summed E-state index contributed by atoms with van der Waals surface area (Å²) in [5, 5.41) is 0. The van der Waals surface area contributed by atoms with Crippen molar-refractivity contribution in [1.82, 2.24) is 4.90 Å². The van der Waals surface area contributed by atoms with Crippen LogP contribution < -0.4 is 14.2 Å². The molecule has 0 unspecified atom stereocenters. The lowest BCUT2D eigenvalue weighted by Gasteiger charge is -2.24. The van der Waals surface area contributed by atoms with Crippen LogP contribution in [-0.4, -0.2) is 37.7 Å². The maximum absolute atomic E-state index is 13.4. The zero-order valence-electron chi connectivity index (χ0n) is 14.3. The third-order valence-electron chi connectivity index (χ3n) is 4.01. The maximum Gasteiger partial charge on any atom is 0.254 e. The number of fused-ring (bicyclic) bond motifs is 1. The van der Waals surface area contributed by atoms with Crippen LogP contribution >= 0.6 is 0 Å². The van der Waals surface area contributed by atoms with Gasteiger partial charge in [-0.05, 0) is 36.8 Å². The number of carbonyl (C=O) groups is 1. The molecule has 0 bridgehead atoms. The summed E-state index contributed by atoms with van der Waals surface area (Å²) in [5.74, 6) is 0.973. The summed E-state index contributed by atoms with van der Waals surface area (Å²) in [5.41, 5.74) is 1.18. The van der Waals surface area contributed by atoms with E-state index in [-0.39, 0.29) is 11.7 Å². The van der Waals surface area contributed by atoms with Crippen molar-refractivity contribution in [2.75, 3.05) is 26.9 Å². The number of rotatable bonds is 5. The van der Waals surface area contributed by atoms with Gasteiger partial charge in [-0.25, -0.2) is 4.39 Å². The Morgan fingerprint density at radius 3 is 2.76 bits per heavy atom. The van der Waals surface area contributed by atoms with Crippen molar-refractivity contribution in [3.05, 3.63) is 53.3 Å². The van der Waals surface area contributed by atoms with Gasteiger partial charge in [-0.2, -0.15) is 0 Å². The molecule has 2 aromatic carbocycles. The molecule has 0 saturated heterocycles. The maximum atomic E-state index is 13.4. The molecule has 0 spiro atoms. The van der Waals surface area contributed by atoms with E-state index in [4.69, 9.17) is 14.2 Å². The molecule has 6 heteroatoms. The molecular weight excluding hydrogens is 325 g/mol. The minimum atomic E-state index is -0.318. The summed E-state index contributed by atoms with van der Waals surface area (Å²) in [6.07, 6.45) is 0. The highest BCUT2D eigenvalue weighted by Gasteiger charge is 2.23. The molecule has 25 heavy (non-hydrogen) atoms. The number of halogens is 1. The van der Waals surface area contributed by atoms with Gasteiger partial charge in [-0.3, -0.25) is 4.79 Å². The second-order valence-electron chi connectivity index (χ2n) is 5.65. The SMILES string of the molecule is CCN(Cc1cccc(F)c1)C(=O)c1cc(OC)c2c(c1)OCCO2. The highest BCUT2D eigenvalue weighted by atomic mass is 19.1. The zero-order chi connectivity index (χ0) is 17.8. The third kappa shape index (κ3) is 3.68. The second-order valence-corrected chi connectivity index (χ2v) is 5.65. The molecule has 0 saturated carbocycles. The molecule has 132 valence electrons. The fourth-order valence-corrected chi connectivity index (χ4v) is 2.76. The highest BCUT2D eigenvalue weighted by Crippen LogP contribution is 2.40. The Balaban J connectivity index is 1.87. The number of amides is 1. The summed E-state index contributed by atoms with van der Waals surface area (Å²) in [6.45, 7) is 3.56. The molecule has 0 fully saturated rings. The van der Waals surface area contributed by atoms with Gasteiger partial charge in [-0.15, -0.1) is 0 Å². The van der Waals surface area contributed by atoms with Crippen molar-refractivity contribution >= 4 is 5.91 Å². The zero-order valence-corrected chi connectivity index (χ0v) is 14.3. The first kappa shape index (κ1) is 17.1. The number of hydrogen-bond donors (Lipinski definition) is 0. The van der Waals surface area contributed by atoms with Crippen LogP contribution in [0.2, 0.25) is 0 Å². The number of carbonyl (C=O) groups excluding carboxylic acids is 1. The van der Waals surface area contributed by atoms with E-state index in [0.29, 0.717) is 49.1 Å². The van der Waals surface area contributed by atoms with Gasteiger partial charge in [0, 0.05) is 18.7 Å². The Labute approximate surface area is 145 Å². The van der Waals surface area contributed by atoms with Gasteiger partial charge in [0.1, 0.15) is 19.0 Å². The van der Waals surface area contributed by atoms with Gasteiger partial charge in [-0.1, -0.05) is 12.1 Å². The van der Waals surface area contributed by atoms with Gasteiger partial charge in [0.25, 0.3) is 5.91 Å². The minimum absolute atomic E-state index is 0.179. The van der Waals surface area contributed by atoms with E-state index in [1.807, 2.05) is 6.92 Å². The van der Waals surface area contributed by atoms with E-state index < -0.39 is 0 Å². The van der Waals surface area contributed by atoms with E-state index in [9.17, 15) is 9.18 Å². The van der Waals surface area contributed by atoms with E-state index in [1.165, 1.54) is 19.2 Å². The van der Waals surface area contributed by atoms with Gasteiger partial charge < -0.3 is 19.1 Å². The van der Waals surface area contributed by atoms with Crippen molar-refractivity contribution in [3.8, 4) is 17.2 Å². The monoisotopic (exact) mass is 345 g/mol. The summed E-state index contributed by atoms with van der Waals surface area (Å²) >= 11 is 0. The summed E-state index contributed by atoms with van der Waals surface area (Å²) in [6, 6.07) is 9.55. The van der Waals surface area contributed by atoms with Gasteiger partial charge in [0.2, 0.25) is 5.75 Å². The van der Waals surface area contributed by atoms with Crippen molar-refractivity contribution < 1.29 is 23.4 Å². The molecule has 1 heterocycles. The van der Waals surface area contributed by atoms with Crippen LogP contribution in [0.3, 0.4) is 0 Å². The minimum Gasteiger partial charge on any atom is -0.493 e. The first-order valence-electron chi connectivity index (χ1n) is 8.13. The van der Waals surface area contributed by atoms with Crippen LogP contribution in [-0.2, 0) is 6.54 Å². The molecule has 1 aliphatic heterocycles. The van der Waals surface area contributed by atoms with E-state index >= 15 is 0 Å². The Hall–Kier alpha value is -2.76. The van der Waals surface area contributed by atoms with Crippen molar-refractivity contribution in [3.63, 3.8) is 0 Å². The van der Waals surface area contributed by atoms with Gasteiger partial charge in [0.15, 0.2) is 11.5 Å². The number of ether oxygens (including phenoxy) is 3. The topological polar surface area (TPSA) is 48.0 Å². The summed E-state index contributed by atoms with van der Waals surface area (Å²) < 4.78 is 29.8. The average molecular weight is 345 g/mol. The second kappa shape index (κ2) is 7.42. The summed E-state index contributed by atoms with van der Waals surface area (Å²) in [7, 11) is 1.52. The molecular formula is C19H20FNO4. The first-order valence-corrected chi connectivity index (χ1v) is 8.13. The predicted molar refractivity (Wildman–Crippen MR) is 90.8 cm³/mol. The number of nitrogens with zero attached hydrogens (tertiary/aromatic N) is 1. The first-order chi connectivity index (χ1) is 12.1. The Kier molecular flexibility index (Phi) is 5.07. The van der Waals surface area contributed by atoms with E-state index in [1.54, 1.807) is 29.2 Å². The molecule has 0 atom stereocenters. The Morgan fingerprint density at radius 2 is 2.04 bits per heavy atom. The van der Waals surface area contributed by atoms with Crippen molar-refractivity contribution in [1.29, 1.82) is 0 Å². The fraction of sp³-hybridized carbons (Fsp3) is 0.316. The quantitative estimate of drug-likeness (QED) is 0.834. The standard InChI is InChI=1S/C19H20FNO4/c1-3-21(12-13-5-4-6-15(20)9-13)19(22)14-10-16(23-2)18-17(11-14)24-7-8-25-18/h4-6,9-11H,3,7-8,12H2,1-2H3. The van der Waals surface area contributed by atoms with Crippen LogP contribution in [0.25, 0.3) is 0 Å². The largest absolute Gasteiger partial charge is 0.493 e. The molecule has 5 nitrogen and oxygen atoms in total. The molecule has 2 aromatic rings. The van der Waals surface area contributed by atoms with Gasteiger partial charge >= 0.3 is 0 Å². The molecule has 3 rings (SSSR count). The number of benzene rings is 2. The Bertz CT molecular complexity index is 761. The van der Waals surface area contributed by atoms with Crippen LogP contribution in [0.4, 0.5) is 4.39 Å². The van der Waals surface area contributed by atoms with Crippen molar-refractivity contribution in [2.45, 2.75) is 13.5 Å². The van der Waals surface area contributed by atoms with Crippen LogP contribution in [0.1, 0.15) is 22.8 Å². The van der Waals surface area contributed by atoms with Crippen LogP contribution in [0.5, 0.6) is 17.2 Å². The van der Waals surface area contributed by atoms with E-state index in [0.717, 1.165) is 5.56 Å². The van der Waals surface area contributed by atoms with Crippen LogP contribution in [0.15, 0.2) is 36.4 Å². The molecule has 0 aliphatic carbocycles. The summed E-state index contributed by atoms with van der Waals surface area (Å²) in [4.78, 5) is 14.5. The average Bonchev–Trinajstić information content (AvgIpc) is 2.64. The molecule has 1 amide bonds. The normalized spacial score (nSPS) is 12.6.